The Morgan fingerprint density at radius 1 is 0.971 bits per heavy atom. The number of para-hydroxylation sites is 1. The fourth-order valence-corrected chi connectivity index (χ4v) is 4.88. The third kappa shape index (κ3) is 4.58. The van der Waals surface area contributed by atoms with E-state index in [1.807, 2.05) is 60.7 Å². The summed E-state index contributed by atoms with van der Waals surface area (Å²) in [7, 11) is 0. The summed E-state index contributed by atoms with van der Waals surface area (Å²) in [5.74, 6) is 2.15. The molecule has 5 rings (SSSR count). The van der Waals surface area contributed by atoms with Crippen LogP contribution >= 0.6 is 23.4 Å². The standard InChI is InChI=1S/C26H23ClN4O2S/c1-2-3-4-7-15-34-26-29-25(32)23-19-11-5-6-12-20(19)28-24(31(23)30-26)22-14-13-21(33-22)17-9-8-10-18(27)16-17/h5-6,8-14,16H,2-4,7,15H2,1H3. The molecule has 0 saturated heterocycles. The predicted molar refractivity (Wildman–Crippen MR) is 133 cm³/mol. The van der Waals surface area contributed by atoms with Gasteiger partial charge in [0.25, 0.3) is 0 Å². The van der Waals surface area contributed by atoms with E-state index in [2.05, 4.69) is 11.9 Å². The van der Waals surface area contributed by atoms with E-state index in [0.29, 0.717) is 43.9 Å². The van der Waals surface area contributed by atoms with Crippen molar-refractivity contribution in [3.63, 3.8) is 0 Å². The van der Waals surface area contributed by atoms with Gasteiger partial charge in [-0.1, -0.05) is 78.3 Å². The van der Waals surface area contributed by atoms with E-state index in [1.54, 1.807) is 4.52 Å². The zero-order valence-electron chi connectivity index (χ0n) is 18.7. The number of benzene rings is 2. The summed E-state index contributed by atoms with van der Waals surface area (Å²) in [5.41, 5.74) is 1.92. The van der Waals surface area contributed by atoms with Crippen LogP contribution in [0.3, 0.4) is 0 Å². The molecular weight excluding hydrogens is 468 g/mol. The van der Waals surface area contributed by atoms with Crippen LogP contribution in [-0.2, 0) is 0 Å². The van der Waals surface area contributed by atoms with Gasteiger partial charge in [-0.2, -0.15) is 0 Å². The van der Waals surface area contributed by atoms with Crippen molar-refractivity contribution in [1.82, 2.24) is 15.1 Å². The van der Waals surface area contributed by atoms with Gasteiger partial charge in [0.15, 0.2) is 11.0 Å². The number of rotatable bonds is 8. The minimum Gasteiger partial charge on any atom is -0.856 e. The molecule has 0 bridgehead atoms. The molecule has 3 heterocycles. The molecule has 0 aliphatic carbocycles. The van der Waals surface area contributed by atoms with Gasteiger partial charge in [0, 0.05) is 22.2 Å². The molecule has 3 aromatic heterocycles. The van der Waals surface area contributed by atoms with E-state index < -0.39 is 0 Å². The SMILES string of the molecule is CCCCCCSc1nc([O-])c2c3ccccc3nc(-c3ccc(-c4cccc(Cl)c4)o3)[n+]2n1. The number of thioether (sulfide) groups is 1. The van der Waals surface area contributed by atoms with E-state index in [-0.39, 0.29) is 5.88 Å². The molecule has 0 aliphatic rings. The molecule has 6 nitrogen and oxygen atoms in total. The third-order valence-electron chi connectivity index (χ3n) is 5.55. The number of halogens is 1. The quantitative estimate of drug-likeness (QED) is 0.113. The first-order chi connectivity index (χ1) is 16.6. The molecule has 0 fully saturated rings. The summed E-state index contributed by atoms with van der Waals surface area (Å²) in [6.07, 6.45) is 4.60. The fourth-order valence-electron chi connectivity index (χ4n) is 3.87. The van der Waals surface area contributed by atoms with Crippen molar-refractivity contribution in [3.05, 3.63) is 65.7 Å². The van der Waals surface area contributed by atoms with Crippen LogP contribution in [0.25, 0.3) is 39.3 Å². The fraction of sp³-hybridized carbons (Fsp3) is 0.231. The molecule has 8 heteroatoms. The van der Waals surface area contributed by atoms with Gasteiger partial charge in [-0.3, -0.25) is 0 Å². The molecule has 0 unspecified atom stereocenters. The molecule has 172 valence electrons. The highest BCUT2D eigenvalue weighted by Gasteiger charge is 2.25. The minimum atomic E-state index is -0.326. The molecule has 0 N–H and O–H groups in total. The van der Waals surface area contributed by atoms with Crippen molar-refractivity contribution >= 4 is 39.8 Å². The Kier molecular flexibility index (Phi) is 6.65. The first-order valence-electron chi connectivity index (χ1n) is 11.3. The van der Waals surface area contributed by atoms with Crippen molar-refractivity contribution in [1.29, 1.82) is 0 Å². The lowest BCUT2D eigenvalue weighted by Gasteiger charge is -2.10. The summed E-state index contributed by atoms with van der Waals surface area (Å²) in [5, 5.41) is 19.6. The van der Waals surface area contributed by atoms with Crippen LogP contribution in [-0.4, -0.2) is 20.8 Å². The Morgan fingerprint density at radius 3 is 2.68 bits per heavy atom. The van der Waals surface area contributed by atoms with E-state index in [0.717, 1.165) is 24.2 Å². The summed E-state index contributed by atoms with van der Waals surface area (Å²) in [4.78, 5) is 9.07. The molecule has 0 aliphatic heterocycles. The number of aromatic nitrogens is 4. The van der Waals surface area contributed by atoms with Gasteiger partial charge in [-0.25, -0.2) is 4.98 Å². The van der Waals surface area contributed by atoms with Crippen LogP contribution in [0.1, 0.15) is 32.6 Å². The number of furan rings is 1. The molecule has 0 amide bonds. The average molecular weight is 491 g/mol. The summed E-state index contributed by atoms with van der Waals surface area (Å²) in [6.45, 7) is 2.19. The maximum Gasteiger partial charge on any atom is 0.392 e. The van der Waals surface area contributed by atoms with Crippen LogP contribution < -0.4 is 9.62 Å². The number of nitrogens with zero attached hydrogens (tertiary/aromatic N) is 4. The van der Waals surface area contributed by atoms with Gasteiger partial charge in [-0.15, -0.1) is 0 Å². The zero-order chi connectivity index (χ0) is 23.5. The molecule has 0 radical (unpaired) electrons. The highest BCUT2D eigenvalue weighted by atomic mass is 35.5. The zero-order valence-corrected chi connectivity index (χ0v) is 20.3. The molecular formula is C26H23ClN4O2S. The normalized spacial score (nSPS) is 11.5. The molecule has 2 aromatic carbocycles. The first kappa shape index (κ1) is 22.6. The number of hydrogen-bond donors (Lipinski definition) is 0. The minimum absolute atomic E-state index is 0.326. The van der Waals surface area contributed by atoms with Crippen molar-refractivity contribution in [2.75, 3.05) is 5.75 Å². The highest BCUT2D eigenvalue weighted by molar-refractivity contribution is 7.99. The van der Waals surface area contributed by atoms with Crippen molar-refractivity contribution < 1.29 is 14.0 Å². The lowest BCUT2D eigenvalue weighted by molar-refractivity contribution is -0.580. The van der Waals surface area contributed by atoms with Crippen molar-refractivity contribution in [2.24, 2.45) is 0 Å². The Morgan fingerprint density at radius 2 is 1.82 bits per heavy atom. The first-order valence-corrected chi connectivity index (χ1v) is 12.7. The molecule has 5 aromatic rings. The van der Waals surface area contributed by atoms with Gasteiger partial charge in [0.2, 0.25) is 10.9 Å². The number of unbranched alkanes of at least 4 members (excludes halogenated alkanes) is 3. The van der Waals surface area contributed by atoms with Gasteiger partial charge in [-0.05, 0) is 52.9 Å². The van der Waals surface area contributed by atoms with Crippen LogP contribution in [0.15, 0.2) is 70.2 Å². The Hall–Kier alpha value is -3.16. The molecule has 0 spiro atoms. The monoisotopic (exact) mass is 490 g/mol. The number of fused-ring (bicyclic) bond motifs is 3. The van der Waals surface area contributed by atoms with Crippen LogP contribution in [0.5, 0.6) is 5.88 Å². The second-order valence-corrected chi connectivity index (χ2v) is 9.49. The van der Waals surface area contributed by atoms with Crippen LogP contribution in [0.4, 0.5) is 0 Å². The van der Waals surface area contributed by atoms with E-state index in [1.165, 1.54) is 24.6 Å². The maximum atomic E-state index is 13.1. The van der Waals surface area contributed by atoms with Gasteiger partial charge in [0.1, 0.15) is 5.76 Å². The molecule has 0 atom stereocenters. The topological polar surface area (TPSA) is 79.0 Å². The number of hydrogen-bond acceptors (Lipinski definition) is 6. The van der Waals surface area contributed by atoms with Gasteiger partial charge >= 0.3 is 5.82 Å². The highest BCUT2D eigenvalue weighted by Crippen LogP contribution is 2.30. The Balaban J connectivity index is 1.61. The Labute approximate surface area is 206 Å². The summed E-state index contributed by atoms with van der Waals surface area (Å²) >= 11 is 7.65. The van der Waals surface area contributed by atoms with Gasteiger partial charge < -0.3 is 9.52 Å². The lowest BCUT2D eigenvalue weighted by atomic mass is 10.2. The van der Waals surface area contributed by atoms with Crippen LogP contribution in [0, 0.1) is 0 Å². The van der Waals surface area contributed by atoms with Crippen LogP contribution in [0.2, 0.25) is 5.02 Å². The van der Waals surface area contributed by atoms with E-state index in [9.17, 15) is 5.11 Å². The van der Waals surface area contributed by atoms with E-state index >= 15 is 0 Å². The predicted octanol–water partition coefficient (Wildman–Crippen LogP) is 6.09. The molecule has 0 saturated carbocycles. The average Bonchev–Trinajstić information content (AvgIpc) is 3.33. The van der Waals surface area contributed by atoms with Gasteiger partial charge in [0.05, 0.1) is 5.39 Å². The van der Waals surface area contributed by atoms with Crippen molar-refractivity contribution in [2.45, 2.75) is 37.8 Å². The Bertz CT molecular complexity index is 1470. The maximum absolute atomic E-state index is 13.1. The lowest BCUT2D eigenvalue weighted by Crippen LogP contribution is -2.33. The summed E-state index contributed by atoms with van der Waals surface area (Å²) in [6, 6.07) is 18.7. The largest absolute Gasteiger partial charge is 0.856 e. The second kappa shape index (κ2) is 9.99. The smallest absolute Gasteiger partial charge is 0.392 e. The van der Waals surface area contributed by atoms with E-state index in [4.69, 9.17) is 26.1 Å². The summed E-state index contributed by atoms with van der Waals surface area (Å²) < 4.78 is 7.74. The van der Waals surface area contributed by atoms with Crippen molar-refractivity contribution in [3.8, 4) is 28.8 Å². The molecule has 34 heavy (non-hydrogen) atoms. The third-order valence-corrected chi connectivity index (χ3v) is 6.71. The second-order valence-electron chi connectivity index (χ2n) is 8.00.